The van der Waals surface area contributed by atoms with Crippen molar-refractivity contribution in [2.45, 2.75) is 25.9 Å². The number of halogens is 1. The highest BCUT2D eigenvalue weighted by molar-refractivity contribution is 6.30. The number of fused-ring (bicyclic) bond motifs is 1. The molecular weight excluding hydrogens is 514 g/mol. The Morgan fingerprint density at radius 1 is 0.795 bits per heavy atom. The SMILES string of the molecule is COCC(=O)N1CCCN(Cc2ccc(Cl)cc2)CCCN(C(=O)COc2ccccc2)Cc2ccccc21. The predicted molar refractivity (Wildman–Crippen MR) is 154 cm³/mol. The molecular formula is C31H36ClN3O4. The number of hydrogen-bond donors (Lipinski definition) is 0. The molecule has 0 fully saturated rings. The molecule has 0 aliphatic carbocycles. The molecule has 3 aromatic rings. The van der Waals surface area contributed by atoms with E-state index < -0.39 is 0 Å². The fourth-order valence-electron chi connectivity index (χ4n) is 4.79. The zero-order valence-corrected chi connectivity index (χ0v) is 23.2. The number of hydrogen-bond acceptors (Lipinski definition) is 5. The summed E-state index contributed by atoms with van der Waals surface area (Å²) in [6.45, 7) is 3.87. The molecule has 0 saturated carbocycles. The Hall–Kier alpha value is -3.39. The van der Waals surface area contributed by atoms with Gasteiger partial charge in [-0.2, -0.15) is 0 Å². The molecule has 0 spiro atoms. The first-order chi connectivity index (χ1) is 19.0. The van der Waals surface area contributed by atoms with Crippen molar-refractivity contribution >= 4 is 29.1 Å². The first-order valence-electron chi connectivity index (χ1n) is 13.3. The average molecular weight is 550 g/mol. The molecule has 0 N–H and O–H groups in total. The summed E-state index contributed by atoms with van der Waals surface area (Å²) in [6.07, 6.45) is 1.63. The second-order valence-electron chi connectivity index (χ2n) is 9.63. The minimum atomic E-state index is -0.100. The second kappa shape index (κ2) is 14.7. The van der Waals surface area contributed by atoms with E-state index in [1.165, 1.54) is 12.7 Å². The molecule has 0 unspecified atom stereocenters. The zero-order chi connectivity index (χ0) is 27.5. The Bertz CT molecular complexity index is 1210. The van der Waals surface area contributed by atoms with Crippen molar-refractivity contribution in [2.75, 3.05) is 51.4 Å². The van der Waals surface area contributed by atoms with Crippen molar-refractivity contribution in [3.8, 4) is 5.75 Å². The van der Waals surface area contributed by atoms with Crippen LogP contribution in [0, 0.1) is 0 Å². The maximum atomic E-state index is 13.4. The molecule has 1 aliphatic heterocycles. The standard InChI is InChI=1S/C31H36ClN3O4/c1-38-23-31(37)35-20-8-18-33(21-25-13-15-27(32)16-14-25)17-7-19-34(22-26-9-5-6-12-29(26)35)30(36)24-39-28-10-3-2-4-11-28/h2-6,9-16H,7-8,17-24H2,1H3. The molecule has 4 rings (SSSR count). The van der Waals surface area contributed by atoms with Crippen LogP contribution in [-0.4, -0.2) is 68.1 Å². The van der Waals surface area contributed by atoms with Gasteiger partial charge in [0, 0.05) is 57.1 Å². The highest BCUT2D eigenvalue weighted by Gasteiger charge is 2.23. The van der Waals surface area contributed by atoms with Crippen molar-refractivity contribution in [3.63, 3.8) is 0 Å². The number of benzene rings is 3. The number of carbonyl (C=O) groups is 2. The lowest BCUT2D eigenvalue weighted by Crippen LogP contribution is -2.40. The van der Waals surface area contributed by atoms with E-state index in [0.29, 0.717) is 30.4 Å². The summed E-state index contributed by atoms with van der Waals surface area (Å²) in [6, 6.07) is 25.1. The van der Waals surface area contributed by atoms with Crippen LogP contribution < -0.4 is 9.64 Å². The van der Waals surface area contributed by atoms with Gasteiger partial charge in [-0.15, -0.1) is 0 Å². The van der Waals surface area contributed by atoms with E-state index in [2.05, 4.69) is 4.90 Å². The van der Waals surface area contributed by atoms with E-state index in [4.69, 9.17) is 21.1 Å². The van der Waals surface area contributed by atoms with Gasteiger partial charge in [-0.1, -0.05) is 60.1 Å². The number of anilines is 1. The maximum Gasteiger partial charge on any atom is 0.260 e. The normalized spacial score (nSPS) is 15.1. The van der Waals surface area contributed by atoms with Crippen molar-refractivity contribution in [3.05, 3.63) is 95.0 Å². The van der Waals surface area contributed by atoms with Crippen LogP contribution in [0.5, 0.6) is 5.75 Å². The van der Waals surface area contributed by atoms with Crippen molar-refractivity contribution < 1.29 is 19.1 Å². The Kier molecular flexibility index (Phi) is 10.8. The Labute approximate surface area is 235 Å². The third-order valence-corrected chi connectivity index (χ3v) is 7.00. The maximum absolute atomic E-state index is 13.4. The zero-order valence-electron chi connectivity index (χ0n) is 22.4. The molecule has 0 saturated heterocycles. The molecule has 2 amide bonds. The first-order valence-corrected chi connectivity index (χ1v) is 13.7. The van der Waals surface area contributed by atoms with Crippen molar-refractivity contribution in [2.24, 2.45) is 0 Å². The second-order valence-corrected chi connectivity index (χ2v) is 10.1. The van der Waals surface area contributed by atoms with Crippen LogP contribution in [0.1, 0.15) is 24.0 Å². The molecule has 0 atom stereocenters. The largest absolute Gasteiger partial charge is 0.484 e. The highest BCUT2D eigenvalue weighted by Crippen LogP contribution is 2.24. The summed E-state index contributed by atoms with van der Waals surface area (Å²) >= 11 is 6.09. The number of ether oxygens (including phenoxy) is 2. The van der Waals surface area contributed by atoms with Gasteiger partial charge in [0.1, 0.15) is 12.4 Å². The smallest absolute Gasteiger partial charge is 0.260 e. The monoisotopic (exact) mass is 549 g/mol. The molecule has 1 heterocycles. The number of rotatable bonds is 7. The minimum Gasteiger partial charge on any atom is -0.484 e. The molecule has 8 heteroatoms. The van der Waals surface area contributed by atoms with E-state index in [-0.39, 0.29) is 25.0 Å². The summed E-state index contributed by atoms with van der Waals surface area (Å²) in [4.78, 5) is 32.5. The molecule has 0 radical (unpaired) electrons. The number of para-hydroxylation sites is 2. The van der Waals surface area contributed by atoms with Gasteiger partial charge in [-0.05, 0) is 54.3 Å². The predicted octanol–water partition coefficient (Wildman–Crippen LogP) is 5.02. The third kappa shape index (κ3) is 8.55. The molecule has 206 valence electrons. The van der Waals surface area contributed by atoms with E-state index in [0.717, 1.165) is 43.7 Å². The van der Waals surface area contributed by atoms with Crippen LogP contribution in [0.2, 0.25) is 5.02 Å². The molecule has 3 aromatic carbocycles. The summed E-state index contributed by atoms with van der Waals surface area (Å²) in [5.74, 6) is 0.465. The molecule has 0 aromatic heterocycles. The van der Waals surface area contributed by atoms with Crippen LogP contribution >= 0.6 is 11.6 Å². The average Bonchev–Trinajstić information content (AvgIpc) is 2.95. The molecule has 0 bridgehead atoms. The molecule has 39 heavy (non-hydrogen) atoms. The number of methoxy groups -OCH3 is 1. The quantitative estimate of drug-likeness (QED) is 0.414. The lowest BCUT2D eigenvalue weighted by Gasteiger charge is -2.31. The summed E-state index contributed by atoms with van der Waals surface area (Å²) in [5.41, 5.74) is 2.91. The minimum absolute atomic E-state index is 0.00359. The van der Waals surface area contributed by atoms with Gasteiger partial charge in [0.15, 0.2) is 6.61 Å². The van der Waals surface area contributed by atoms with E-state index in [1.807, 2.05) is 83.8 Å². The van der Waals surface area contributed by atoms with Crippen LogP contribution in [0.4, 0.5) is 5.69 Å². The van der Waals surface area contributed by atoms with Crippen LogP contribution in [0.15, 0.2) is 78.9 Å². The number of carbonyl (C=O) groups excluding carboxylic acids is 2. The fraction of sp³-hybridized carbons (Fsp3) is 0.355. The molecule has 7 nitrogen and oxygen atoms in total. The van der Waals surface area contributed by atoms with Gasteiger partial charge >= 0.3 is 0 Å². The number of amides is 2. The highest BCUT2D eigenvalue weighted by atomic mass is 35.5. The van der Waals surface area contributed by atoms with Crippen molar-refractivity contribution in [1.82, 2.24) is 9.80 Å². The summed E-state index contributed by atoms with van der Waals surface area (Å²) < 4.78 is 11.0. The Morgan fingerprint density at radius 3 is 2.23 bits per heavy atom. The van der Waals surface area contributed by atoms with Crippen LogP contribution in [-0.2, 0) is 27.4 Å². The van der Waals surface area contributed by atoms with Gasteiger partial charge in [-0.3, -0.25) is 14.5 Å². The van der Waals surface area contributed by atoms with Crippen LogP contribution in [0.3, 0.4) is 0 Å². The van der Waals surface area contributed by atoms with Gasteiger partial charge in [0.25, 0.3) is 11.8 Å². The van der Waals surface area contributed by atoms with E-state index in [9.17, 15) is 9.59 Å². The van der Waals surface area contributed by atoms with E-state index >= 15 is 0 Å². The first kappa shape index (κ1) is 28.6. The lowest BCUT2D eigenvalue weighted by atomic mass is 10.1. The van der Waals surface area contributed by atoms with Crippen molar-refractivity contribution in [1.29, 1.82) is 0 Å². The lowest BCUT2D eigenvalue weighted by molar-refractivity contribution is -0.134. The summed E-state index contributed by atoms with van der Waals surface area (Å²) in [5, 5.41) is 0.713. The fourth-order valence-corrected chi connectivity index (χ4v) is 4.92. The number of nitrogens with zero attached hydrogens (tertiary/aromatic N) is 3. The van der Waals surface area contributed by atoms with Gasteiger partial charge in [0.05, 0.1) is 0 Å². The summed E-state index contributed by atoms with van der Waals surface area (Å²) in [7, 11) is 1.53. The van der Waals surface area contributed by atoms with Crippen LogP contribution in [0.25, 0.3) is 0 Å². The van der Waals surface area contributed by atoms with Gasteiger partial charge in [0.2, 0.25) is 0 Å². The van der Waals surface area contributed by atoms with Gasteiger partial charge in [-0.25, -0.2) is 0 Å². The Morgan fingerprint density at radius 2 is 1.49 bits per heavy atom. The van der Waals surface area contributed by atoms with Gasteiger partial charge < -0.3 is 19.3 Å². The topological polar surface area (TPSA) is 62.3 Å². The Balaban J connectivity index is 1.57. The molecule has 1 aliphatic rings. The third-order valence-electron chi connectivity index (χ3n) is 6.75. The van der Waals surface area contributed by atoms with E-state index in [1.54, 1.807) is 4.90 Å².